The van der Waals surface area contributed by atoms with Gasteiger partial charge in [0.15, 0.2) is 0 Å². The van der Waals surface area contributed by atoms with Crippen LogP contribution in [-0.4, -0.2) is 31.3 Å². The second kappa shape index (κ2) is 5.64. The predicted molar refractivity (Wildman–Crippen MR) is 62.4 cm³/mol. The Morgan fingerprint density at radius 3 is 2.56 bits per heavy atom. The minimum Gasteiger partial charge on any atom is -0.459 e. The molecular formula is C13H14O5. The Morgan fingerprint density at radius 2 is 2.00 bits per heavy atom. The van der Waals surface area contributed by atoms with Crippen LogP contribution in [0.5, 0.6) is 5.75 Å². The second-order valence-electron chi connectivity index (χ2n) is 3.91. The van der Waals surface area contributed by atoms with Gasteiger partial charge in [-0.05, 0) is 24.3 Å². The van der Waals surface area contributed by atoms with Crippen LogP contribution in [0, 0.1) is 0 Å². The largest absolute Gasteiger partial charge is 0.459 e. The summed E-state index contributed by atoms with van der Waals surface area (Å²) in [5, 5.41) is 0. The zero-order valence-electron chi connectivity index (χ0n) is 10.0. The predicted octanol–water partition coefficient (Wildman–Crippen LogP) is 1.56. The molecule has 5 nitrogen and oxygen atoms in total. The van der Waals surface area contributed by atoms with Crippen molar-refractivity contribution in [2.45, 2.75) is 19.4 Å². The van der Waals surface area contributed by atoms with Crippen molar-refractivity contribution in [3.05, 3.63) is 29.8 Å². The lowest BCUT2D eigenvalue weighted by Gasteiger charge is -2.05. The zero-order chi connectivity index (χ0) is 13.0. The molecule has 0 spiro atoms. The van der Waals surface area contributed by atoms with Gasteiger partial charge in [-0.3, -0.25) is 4.79 Å². The summed E-state index contributed by atoms with van der Waals surface area (Å²) in [7, 11) is 0. The van der Waals surface area contributed by atoms with Crippen molar-refractivity contribution >= 4 is 11.9 Å². The van der Waals surface area contributed by atoms with Gasteiger partial charge in [0.05, 0.1) is 12.2 Å². The topological polar surface area (TPSA) is 65.1 Å². The van der Waals surface area contributed by atoms with E-state index < -0.39 is 5.97 Å². The van der Waals surface area contributed by atoms with E-state index in [2.05, 4.69) is 0 Å². The van der Waals surface area contributed by atoms with Crippen LogP contribution in [0.4, 0.5) is 0 Å². The highest BCUT2D eigenvalue weighted by molar-refractivity contribution is 5.89. The van der Waals surface area contributed by atoms with E-state index in [1.54, 1.807) is 31.2 Å². The first-order chi connectivity index (χ1) is 8.69. The maximum atomic E-state index is 11.6. The van der Waals surface area contributed by atoms with E-state index in [9.17, 15) is 9.59 Å². The molecule has 5 heteroatoms. The van der Waals surface area contributed by atoms with Crippen LogP contribution in [-0.2, 0) is 14.3 Å². The van der Waals surface area contributed by atoms with Gasteiger partial charge in [0, 0.05) is 6.42 Å². The molecular weight excluding hydrogens is 236 g/mol. The smallest absolute Gasteiger partial charge is 0.338 e. The van der Waals surface area contributed by atoms with Crippen LogP contribution in [0.25, 0.3) is 0 Å². The number of benzene rings is 1. The number of rotatable bonds is 5. The molecule has 0 saturated carbocycles. The second-order valence-corrected chi connectivity index (χ2v) is 3.91. The standard InChI is InChI=1S/C13H14O5/c1-2-12(14)18-10-5-3-9(4-6-10)13(15)17-8-11-7-16-11/h3-6,11H,2,7-8H2,1H3. The van der Waals surface area contributed by atoms with Gasteiger partial charge < -0.3 is 14.2 Å². The van der Waals surface area contributed by atoms with Crippen molar-refractivity contribution in [1.82, 2.24) is 0 Å². The first-order valence-electron chi connectivity index (χ1n) is 5.78. The van der Waals surface area contributed by atoms with Crippen LogP contribution in [0.15, 0.2) is 24.3 Å². The first-order valence-corrected chi connectivity index (χ1v) is 5.78. The van der Waals surface area contributed by atoms with Crippen LogP contribution >= 0.6 is 0 Å². The number of hydrogen-bond acceptors (Lipinski definition) is 5. The lowest BCUT2D eigenvalue weighted by Crippen LogP contribution is -2.10. The van der Waals surface area contributed by atoms with Gasteiger partial charge in [-0.2, -0.15) is 0 Å². The molecule has 1 aliphatic rings. The molecule has 1 heterocycles. The van der Waals surface area contributed by atoms with Crippen LogP contribution in [0.2, 0.25) is 0 Å². The molecule has 1 atom stereocenters. The molecule has 0 aliphatic carbocycles. The first kappa shape index (κ1) is 12.6. The van der Waals surface area contributed by atoms with Gasteiger partial charge in [0.1, 0.15) is 18.5 Å². The van der Waals surface area contributed by atoms with E-state index in [1.165, 1.54) is 0 Å². The van der Waals surface area contributed by atoms with E-state index in [0.29, 0.717) is 24.3 Å². The van der Waals surface area contributed by atoms with Crippen LogP contribution < -0.4 is 4.74 Å². The number of hydrogen-bond donors (Lipinski definition) is 0. The summed E-state index contributed by atoms with van der Waals surface area (Å²) in [5.74, 6) is -0.293. The molecule has 1 aromatic carbocycles. The Kier molecular flexibility index (Phi) is 3.94. The quantitative estimate of drug-likeness (QED) is 0.450. The Morgan fingerprint density at radius 1 is 1.33 bits per heavy atom. The van der Waals surface area contributed by atoms with Crippen molar-refractivity contribution in [3.8, 4) is 5.75 Å². The highest BCUT2D eigenvalue weighted by Gasteiger charge is 2.24. The molecule has 0 radical (unpaired) electrons. The molecule has 0 N–H and O–H groups in total. The molecule has 1 aromatic rings. The molecule has 1 aliphatic heterocycles. The summed E-state index contributed by atoms with van der Waals surface area (Å²) in [6, 6.07) is 6.26. The van der Waals surface area contributed by atoms with E-state index >= 15 is 0 Å². The minimum atomic E-state index is -0.404. The van der Waals surface area contributed by atoms with Gasteiger partial charge in [0.25, 0.3) is 0 Å². The van der Waals surface area contributed by atoms with E-state index in [0.717, 1.165) is 0 Å². The average molecular weight is 250 g/mol. The number of carbonyl (C=O) groups excluding carboxylic acids is 2. The number of carbonyl (C=O) groups is 2. The molecule has 0 bridgehead atoms. The van der Waals surface area contributed by atoms with E-state index in [-0.39, 0.29) is 18.7 Å². The normalized spacial score (nSPS) is 17.1. The Labute approximate surface area is 105 Å². The van der Waals surface area contributed by atoms with Crippen LogP contribution in [0.3, 0.4) is 0 Å². The molecule has 1 fully saturated rings. The van der Waals surface area contributed by atoms with Crippen molar-refractivity contribution in [2.75, 3.05) is 13.2 Å². The summed E-state index contributed by atoms with van der Waals surface area (Å²) in [6.07, 6.45) is 0.365. The van der Waals surface area contributed by atoms with Crippen molar-refractivity contribution in [2.24, 2.45) is 0 Å². The summed E-state index contributed by atoms with van der Waals surface area (Å²) in [5.41, 5.74) is 0.423. The maximum absolute atomic E-state index is 11.6. The van der Waals surface area contributed by atoms with Gasteiger partial charge in [-0.1, -0.05) is 6.92 Å². The number of ether oxygens (including phenoxy) is 3. The monoisotopic (exact) mass is 250 g/mol. The van der Waals surface area contributed by atoms with Crippen molar-refractivity contribution < 1.29 is 23.8 Å². The van der Waals surface area contributed by atoms with Gasteiger partial charge in [-0.15, -0.1) is 0 Å². The third kappa shape index (κ3) is 3.56. The van der Waals surface area contributed by atoms with Gasteiger partial charge >= 0.3 is 11.9 Å². The summed E-state index contributed by atoms with van der Waals surface area (Å²) in [4.78, 5) is 22.6. The SMILES string of the molecule is CCC(=O)Oc1ccc(C(=O)OCC2CO2)cc1. The fraction of sp³-hybridized carbons (Fsp3) is 0.385. The third-order valence-electron chi connectivity index (χ3n) is 2.41. The molecule has 0 aromatic heterocycles. The highest BCUT2D eigenvalue weighted by atomic mass is 16.6. The highest BCUT2D eigenvalue weighted by Crippen LogP contribution is 2.15. The fourth-order valence-electron chi connectivity index (χ4n) is 1.28. The van der Waals surface area contributed by atoms with Crippen LogP contribution in [0.1, 0.15) is 23.7 Å². The lowest BCUT2D eigenvalue weighted by molar-refractivity contribution is -0.134. The molecule has 96 valence electrons. The zero-order valence-corrected chi connectivity index (χ0v) is 10.0. The fourth-order valence-corrected chi connectivity index (χ4v) is 1.28. The Bertz CT molecular complexity index is 433. The molecule has 0 amide bonds. The van der Waals surface area contributed by atoms with Gasteiger partial charge in [-0.25, -0.2) is 4.79 Å². The molecule has 1 unspecified atom stereocenters. The average Bonchev–Trinajstić information content (AvgIpc) is 3.20. The Hall–Kier alpha value is -1.88. The minimum absolute atomic E-state index is 0.0544. The maximum Gasteiger partial charge on any atom is 0.338 e. The summed E-state index contributed by atoms with van der Waals surface area (Å²) in [6.45, 7) is 2.65. The van der Waals surface area contributed by atoms with E-state index in [1.807, 2.05) is 0 Å². The lowest BCUT2D eigenvalue weighted by atomic mass is 10.2. The molecule has 18 heavy (non-hydrogen) atoms. The van der Waals surface area contributed by atoms with Gasteiger partial charge in [0.2, 0.25) is 0 Å². The molecule has 2 rings (SSSR count). The molecule has 1 saturated heterocycles. The summed E-state index contributed by atoms with van der Waals surface area (Å²) < 4.78 is 15.0. The summed E-state index contributed by atoms with van der Waals surface area (Å²) >= 11 is 0. The van der Waals surface area contributed by atoms with Crippen molar-refractivity contribution in [3.63, 3.8) is 0 Å². The number of esters is 2. The third-order valence-corrected chi connectivity index (χ3v) is 2.41. The number of epoxide rings is 1. The van der Waals surface area contributed by atoms with E-state index in [4.69, 9.17) is 14.2 Å². The Balaban J connectivity index is 1.89. The van der Waals surface area contributed by atoms with Crippen molar-refractivity contribution in [1.29, 1.82) is 0 Å².